The summed E-state index contributed by atoms with van der Waals surface area (Å²) in [6.07, 6.45) is 7.96. The fourth-order valence-electron chi connectivity index (χ4n) is 2.19. The number of halogens is 1. The largest absolute Gasteiger partial charge is 0.349 e. The summed E-state index contributed by atoms with van der Waals surface area (Å²) < 4.78 is 2.20. The van der Waals surface area contributed by atoms with Crippen molar-refractivity contribution in [3.8, 4) is 0 Å². The minimum atomic E-state index is 0. The number of nitrogens with one attached hydrogen (secondary N) is 1. The van der Waals surface area contributed by atoms with Gasteiger partial charge in [0.2, 0.25) is 0 Å². The number of aromatic nitrogens is 2. The van der Waals surface area contributed by atoms with Gasteiger partial charge in [-0.25, -0.2) is 4.98 Å². The number of aliphatic imine (C=N–C) groups is 1. The summed E-state index contributed by atoms with van der Waals surface area (Å²) in [5.74, 6) is 2.56. The van der Waals surface area contributed by atoms with Crippen molar-refractivity contribution >= 4 is 29.9 Å². The monoisotopic (exact) mass is 419 g/mol. The molecule has 0 aliphatic rings. The van der Waals surface area contributed by atoms with Crippen LogP contribution in [0.4, 0.5) is 0 Å². The number of imidazole rings is 1. The van der Waals surface area contributed by atoms with Crippen molar-refractivity contribution in [2.45, 2.75) is 39.8 Å². The van der Waals surface area contributed by atoms with Crippen LogP contribution in [-0.4, -0.2) is 41.1 Å². The van der Waals surface area contributed by atoms with Gasteiger partial charge in [-0.2, -0.15) is 0 Å². The highest BCUT2D eigenvalue weighted by Gasteiger charge is 2.08. The predicted octanol–water partition coefficient (Wildman–Crippen LogP) is 3.13. The lowest BCUT2D eigenvalue weighted by atomic mass is 10.2. The number of nitrogens with zero attached hydrogens (tertiary/aromatic N) is 4. The van der Waals surface area contributed by atoms with E-state index in [4.69, 9.17) is 0 Å². The summed E-state index contributed by atoms with van der Waals surface area (Å²) in [5.41, 5.74) is 0. The van der Waals surface area contributed by atoms with Crippen molar-refractivity contribution < 1.29 is 0 Å². The standard InChI is InChI=1S/C16H29N5.HI/c1-6-7-8-10-20(5)16(17-4)19-12-15-18-9-11-21(15)13-14(2)3;/h6,9,11,14H,1,7-8,10,12-13H2,2-5H3,(H,17,19);1H. The van der Waals surface area contributed by atoms with E-state index in [9.17, 15) is 0 Å². The molecule has 1 N–H and O–H groups in total. The van der Waals surface area contributed by atoms with Crippen LogP contribution in [0, 0.1) is 5.92 Å². The smallest absolute Gasteiger partial charge is 0.193 e. The Bertz CT molecular complexity index is 453. The Morgan fingerprint density at radius 2 is 2.27 bits per heavy atom. The molecule has 126 valence electrons. The molecule has 1 rings (SSSR count). The van der Waals surface area contributed by atoms with E-state index in [1.165, 1.54) is 0 Å². The number of hydrogen-bond acceptors (Lipinski definition) is 2. The second-order valence-corrected chi connectivity index (χ2v) is 5.64. The van der Waals surface area contributed by atoms with E-state index in [2.05, 4.69) is 52.2 Å². The maximum atomic E-state index is 4.42. The Kier molecular flexibility index (Phi) is 11.0. The predicted molar refractivity (Wildman–Crippen MR) is 105 cm³/mol. The average Bonchev–Trinajstić information content (AvgIpc) is 2.86. The van der Waals surface area contributed by atoms with Crippen molar-refractivity contribution in [2.24, 2.45) is 10.9 Å². The van der Waals surface area contributed by atoms with Gasteiger partial charge in [-0.05, 0) is 18.8 Å². The molecule has 6 heteroatoms. The third kappa shape index (κ3) is 7.29. The third-order valence-corrected chi connectivity index (χ3v) is 3.24. The molecule has 0 bridgehead atoms. The molecule has 0 aliphatic carbocycles. The van der Waals surface area contributed by atoms with Crippen LogP contribution in [0.25, 0.3) is 0 Å². The minimum absolute atomic E-state index is 0. The number of unbranched alkanes of at least 4 members (excludes halogenated alkanes) is 1. The van der Waals surface area contributed by atoms with Crippen LogP contribution in [0.2, 0.25) is 0 Å². The quantitative estimate of drug-likeness (QED) is 0.232. The molecule has 0 saturated heterocycles. The van der Waals surface area contributed by atoms with Crippen LogP contribution in [-0.2, 0) is 13.1 Å². The van der Waals surface area contributed by atoms with E-state index in [0.717, 1.165) is 37.7 Å². The topological polar surface area (TPSA) is 45.4 Å². The highest BCUT2D eigenvalue weighted by atomic mass is 127. The summed E-state index contributed by atoms with van der Waals surface area (Å²) in [6.45, 7) is 10.8. The zero-order valence-electron chi connectivity index (χ0n) is 14.2. The van der Waals surface area contributed by atoms with Gasteiger partial charge in [-0.1, -0.05) is 19.9 Å². The summed E-state index contributed by atoms with van der Waals surface area (Å²) >= 11 is 0. The Balaban J connectivity index is 0.00000441. The number of guanidine groups is 1. The third-order valence-electron chi connectivity index (χ3n) is 3.24. The lowest BCUT2D eigenvalue weighted by molar-refractivity contribution is 0.463. The highest BCUT2D eigenvalue weighted by Crippen LogP contribution is 2.04. The fraction of sp³-hybridized carbons (Fsp3) is 0.625. The zero-order valence-corrected chi connectivity index (χ0v) is 16.6. The lowest BCUT2D eigenvalue weighted by Crippen LogP contribution is -2.39. The van der Waals surface area contributed by atoms with Crippen LogP contribution < -0.4 is 5.32 Å². The van der Waals surface area contributed by atoms with Crippen molar-refractivity contribution in [3.63, 3.8) is 0 Å². The maximum Gasteiger partial charge on any atom is 0.193 e. The first-order valence-corrected chi connectivity index (χ1v) is 7.61. The van der Waals surface area contributed by atoms with Gasteiger partial charge in [-0.15, -0.1) is 30.6 Å². The van der Waals surface area contributed by atoms with Gasteiger partial charge >= 0.3 is 0 Å². The lowest BCUT2D eigenvalue weighted by Gasteiger charge is -2.22. The van der Waals surface area contributed by atoms with Crippen LogP contribution >= 0.6 is 24.0 Å². The van der Waals surface area contributed by atoms with E-state index in [1.54, 1.807) is 0 Å². The average molecular weight is 419 g/mol. The first-order chi connectivity index (χ1) is 10.1. The molecular weight excluding hydrogens is 389 g/mol. The van der Waals surface area contributed by atoms with Crippen molar-refractivity contribution in [1.82, 2.24) is 19.8 Å². The first kappa shape index (κ1) is 20.9. The molecule has 0 spiro atoms. The molecule has 1 aromatic rings. The second kappa shape index (κ2) is 11.5. The van der Waals surface area contributed by atoms with Gasteiger partial charge in [0.15, 0.2) is 5.96 Å². The van der Waals surface area contributed by atoms with Gasteiger partial charge in [0.1, 0.15) is 5.82 Å². The molecule has 0 fully saturated rings. The van der Waals surface area contributed by atoms with Gasteiger partial charge in [-0.3, -0.25) is 4.99 Å². The molecule has 1 heterocycles. The van der Waals surface area contributed by atoms with Gasteiger partial charge in [0.25, 0.3) is 0 Å². The fourth-order valence-corrected chi connectivity index (χ4v) is 2.19. The van der Waals surface area contributed by atoms with Gasteiger partial charge in [0, 0.05) is 39.6 Å². The van der Waals surface area contributed by atoms with Gasteiger partial charge < -0.3 is 14.8 Å². The van der Waals surface area contributed by atoms with Crippen molar-refractivity contribution in [2.75, 3.05) is 20.6 Å². The van der Waals surface area contributed by atoms with Crippen LogP contribution in [0.3, 0.4) is 0 Å². The van der Waals surface area contributed by atoms with E-state index in [0.29, 0.717) is 12.5 Å². The summed E-state index contributed by atoms with van der Waals surface area (Å²) in [5, 5.41) is 3.38. The Hall–Kier alpha value is -1.05. The Labute approximate surface area is 151 Å². The summed E-state index contributed by atoms with van der Waals surface area (Å²) in [4.78, 5) is 10.9. The molecule has 22 heavy (non-hydrogen) atoms. The highest BCUT2D eigenvalue weighted by molar-refractivity contribution is 14.0. The van der Waals surface area contributed by atoms with Crippen LogP contribution in [0.15, 0.2) is 30.0 Å². The SMILES string of the molecule is C=CCCCN(C)C(=NC)NCc1nccn1CC(C)C.I. The molecule has 0 saturated carbocycles. The normalized spacial score (nSPS) is 11.2. The Morgan fingerprint density at radius 3 is 2.86 bits per heavy atom. The summed E-state index contributed by atoms with van der Waals surface area (Å²) in [6, 6.07) is 0. The molecule has 0 aromatic carbocycles. The second-order valence-electron chi connectivity index (χ2n) is 5.64. The number of allylic oxidation sites excluding steroid dienone is 1. The Morgan fingerprint density at radius 1 is 1.55 bits per heavy atom. The van der Waals surface area contributed by atoms with Crippen molar-refractivity contribution in [3.05, 3.63) is 30.9 Å². The molecule has 5 nitrogen and oxygen atoms in total. The zero-order chi connectivity index (χ0) is 15.7. The molecule has 0 amide bonds. The van der Waals surface area contributed by atoms with E-state index >= 15 is 0 Å². The summed E-state index contributed by atoms with van der Waals surface area (Å²) in [7, 11) is 3.87. The van der Waals surface area contributed by atoms with E-state index < -0.39 is 0 Å². The van der Waals surface area contributed by atoms with Crippen molar-refractivity contribution in [1.29, 1.82) is 0 Å². The maximum absolute atomic E-state index is 4.42. The molecule has 0 unspecified atom stereocenters. The molecule has 0 atom stereocenters. The minimum Gasteiger partial charge on any atom is -0.349 e. The molecular formula is C16H30IN5. The van der Waals surface area contributed by atoms with Crippen LogP contribution in [0.5, 0.6) is 0 Å². The molecule has 0 radical (unpaired) electrons. The number of rotatable bonds is 8. The van der Waals surface area contributed by atoms with E-state index in [-0.39, 0.29) is 24.0 Å². The first-order valence-electron chi connectivity index (χ1n) is 7.61. The van der Waals surface area contributed by atoms with Crippen LogP contribution in [0.1, 0.15) is 32.5 Å². The van der Waals surface area contributed by atoms with Gasteiger partial charge in [0.05, 0.1) is 6.54 Å². The van der Waals surface area contributed by atoms with E-state index in [1.807, 2.05) is 25.5 Å². The number of hydrogen-bond donors (Lipinski definition) is 1. The molecule has 1 aromatic heterocycles. The molecule has 0 aliphatic heterocycles.